The smallest absolute Gasteiger partial charge is 0.268 e. The Morgan fingerprint density at radius 1 is 0.619 bits per heavy atom. The van der Waals surface area contributed by atoms with Crippen LogP contribution in [0.2, 0.25) is 0 Å². The molecule has 5 heteroatoms. The maximum absolute atomic E-state index is 7.25. The van der Waals surface area contributed by atoms with Gasteiger partial charge in [-0.05, 0) is 143 Å². The van der Waals surface area contributed by atoms with Crippen LogP contribution in [-0.4, -0.2) is 6.71 Å². The molecule has 312 valence electrons. The van der Waals surface area contributed by atoms with Crippen LogP contribution in [0.4, 0.5) is 34.1 Å². The summed E-state index contributed by atoms with van der Waals surface area (Å²) in [4.78, 5) is 5.06. The highest BCUT2D eigenvalue weighted by Crippen LogP contribution is 2.59. The van der Waals surface area contributed by atoms with E-state index in [-0.39, 0.29) is 23.0 Å². The van der Waals surface area contributed by atoms with Crippen LogP contribution >= 0.6 is 11.3 Å². The summed E-state index contributed by atoms with van der Waals surface area (Å²) in [5, 5.41) is 1.21. The number of hydrogen-bond donors (Lipinski definition) is 0. The van der Waals surface area contributed by atoms with E-state index in [4.69, 9.17) is 4.74 Å². The summed E-state index contributed by atoms with van der Waals surface area (Å²) in [6, 6.07) is 50.9. The number of aryl methyl sites for hydroxylation is 3. The molecule has 8 aromatic rings. The van der Waals surface area contributed by atoms with Crippen LogP contribution in [0.5, 0.6) is 11.5 Å². The number of hydrogen-bond acceptors (Lipinski definition) is 4. The lowest BCUT2D eigenvalue weighted by molar-refractivity contribution is 0.494. The topological polar surface area (TPSA) is 15.7 Å². The van der Waals surface area contributed by atoms with E-state index in [1.54, 1.807) is 0 Å². The molecule has 0 radical (unpaired) electrons. The Morgan fingerprint density at radius 3 is 1.90 bits per heavy atom. The monoisotopic (exact) mass is 838 g/mol. The van der Waals surface area contributed by atoms with Crippen molar-refractivity contribution in [2.45, 2.75) is 92.4 Å². The highest BCUT2D eigenvalue weighted by molar-refractivity contribution is 7.33. The first-order valence-corrected chi connectivity index (χ1v) is 23.4. The minimum Gasteiger partial charge on any atom is -0.457 e. The van der Waals surface area contributed by atoms with Crippen LogP contribution in [0.3, 0.4) is 0 Å². The molecular weight excluding hydrogens is 784 g/mol. The summed E-state index contributed by atoms with van der Waals surface area (Å²) in [5.74, 6) is 1.98. The molecule has 0 saturated carbocycles. The van der Waals surface area contributed by atoms with Crippen molar-refractivity contribution in [2.75, 3.05) is 9.80 Å². The van der Waals surface area contributed by atoms with Crippen molar-refractivity contribution < 1.29 is 4.74 Å². The molecule has 0 amide bonds. The second-order valence-corrected chi connectivity index (χ2v) is 22.0. The van der Waals surface area contributed by atoms with Gasteiger partial charge in [0, 0.05) is 48.6 Å². The average molecular weight is 839 g/mol. The highest BCUT2D eigenvalue weighted by Gasteiger charge is 2.47. The van der Waals surface area contributed by atoms with Crippen LogP contribution in [0.1, 0.15) is 94.3 Å². The molecule has 0 unspecified atom stereocenters. The summed E-state index contributed by atoms with van der Waals surface area (Å²) in [6.45, 7) is 25.3. The lowest BCUT2D eigenvalue weighted by Gasteiger charge is -2.41. The van der Waals surface area contributed by atoms with E-state index >= 15 is 0 Å². The van der Waals surface area contributed by atoms with Crippen molar-refractivity contribution in [1.29, 1.82) is 0 Å². The van der Waals surface area contributed by atoms with Crippen molar-refractivity contribution >= 4 is 78.0 Å². The Bertz CT molecular complexity index is 3130. The van der Waals surface area contributed by atoms with Gasteiger partial charge in [-0.15, -0.1) is 11.3 Å². The third-order valence-corrected chi connectivity index (χ3v) is 15.2. The highest BCUT2D eigenvalue weighted by atomic mass is 32.1. The fourth-order valence-electron chi connectivity index (χ4n) is 10.6. The van der Waals surface area contributed by atoms with E-state index in [0.717, 1.165) is 22.9 Å². The van der Waals surface area contributed by atoms with Gasteiger partial charge in [-0.3, -0.25) is 0 Å². The fourth-order valence-corrected chi connectivity index (χ4v) is 11.8. The Balaban J connectivity index is 1.21. The van der Waals surface area contributed by atoms with Crippen LogP contribution in [0.15, 0.2) is 133 Å². The molecule has 3 aliphatic rings. The largest absolute Gasteiger partial charge is 0.457 e. The van der Waals surface area contributed by atoms with E-state index in [1.807, 2.05) is 11.3 Å². The van der Waals surface area contributed by atoms with E-state index in [0.29, 0.717) is 0 Å². The van der Waals surface area contributed by atoms with Gasteiger partial charge in [0.15, 0.2) is 0 Å². The van der Waals surface area contributed by atoms with Gasteiger partial charge in [0.2, 0.25) is 0 Å². The lowest BCUT2D eigenvalue weighted by Crippen LogP contribution is -2.58. The summed E-state index contributed by atoms with van der Waals surface area (Å²) < 4.78 is 9.81. The third kappa shape index (κ3) is 6.06. The molecule has 0 fully saturated rings. The molecule has 0 bridgehead atoms. The number of thiophene rings is 1. The molecule has 0 atom stereocenters. The summed E-state index contributed by atoms with van der Waals surface area (Å²) in [6.07, 6.45) is 0. The number of fused-ring (bicyclic) bond motifs is 9. The maximum Gasteiger partial charge on any atom is 0.268 e. The molecule has 11 rings (SSSR count). The molecule has 3 heterocycles. The number of benzene rings is 7. The zero-order valence-electron chi connectivity index (χ0n) is 38.5. The van der Waals surface area contributed by atoms with E-state index in [2.05, 4.69) is 219 Å². The van der Waals surface area contributed by atoms with Gasteiger partial charge in [0.05, 0.1) is 11.4 Å². The number of rotatable bonds is 4. The average Bonchev–Trinajstić information content (AvgIpc) is 3.73. The van der Waals surface area contributed by atoms with Gasteiger partial charge >= 0.3 is 0 Å². The van der Waals surface area contributed by atoms with E-state index in [9.17, 15) is 0 Å². The summed E-state index contributed by atoms with van der Waals surface area (Å²) in [7, 11) is 0. The molecule has 2 aliphatic heterocycles. The Kier molecular flexibility index (Phi) is 8.67. The van der Waals surface area contributed by atoms with Crippen LogP contribution in [-0.2, 0) is 16.2 Å². The molecule has 3 nitrogen and oxygen atoms in total. The van der Waals surface area contributed by atoms with Gasteiger partial charge < -0.3 is 14.5 Å². The first-order valence-electron chi connectivity index (χ1n) is 22.5. The van der Waals surface area contributed by atoms with Crippen molar-refractivity contribution in [2.24, 2.45) is 0 Å². The normalized spacial score (nSPS) is 14.5. The number of anilines is 6. The maximum atomic E-state index is 7.25. The van der Waals surface area contributed by atoms with Gasteiger partial charge in [-0.1, -0.05) is 133 Å². The Morgan fingerprint density at radius 2 is 1.24 bits per heavy atom. The van der Waals surface area contributed by atoms with Gasteiger partial charge in [-0.25, -0.2) is 0 Å². The molecule has 0 N–H and O–H groups in total. The molecule has 1 aliphatic carbocycles. The standard InChI is InChI=1S/C58H55BN2OS/c1-34-16-22-39(23-17-34)60(40-24-18-35(2)19-25-40)47-28-27-46(51-41-14-12-13-15-43(41)58(10,11)52(47)51)61-45-26-20-38(57(7,8)9)33-44(45)59-53-48(61)30-36(3)31-49(53)62-54-42-32-37(56(4,5)6)21-29-50(42)63-55(54)59/h12-33H,1-11H3. The molecule has 0 spiro atoms. The van der Waals surface area contributed by atoms with Gasteiger partial charge in [0.25, 0.3) is 6.71 Å². The predicted octanol–water partition coefficient (Wildman–Crippen LogP) is 14.6. The van der Waals surface area contributed by atoms with E-state index in [1.165, 1.54) is 98.6 Å². The second-order valence-electron chi connectivity index (χ2n) is 20.9. The predicted molar refractivity (Wildman–Crippen MR) is 272 cm³/mol. The van der Waals surface area contributed by atoms with Crippen LogP contribution in [0.25, 0.3) is 21.2 Å². The Hall–Kier alpha value is -6.04. The van der Waals surface area contributed by atoms with Crippen molar-refractivity contribution in [1.82, 2.24) is 0 Å². The first kappa shape index (κ1) is 39.8. The van der Waals surface area contributed by atoms with Crippen LogP contribution < -0.4 is 30.2 Å². The number of nitrogens with zero attached hydrogens (tertiary/aromatic N) is 2. The summed E-state index contributed by atoms with van der Waals surface area (Å²) in [5.41, 5.74) is 20.9. The molecule has 63 heavy (non-hydrogen) atoms. The zero-order valence-corrected chi connectivity index (χ0v) is 39.3. The molecule has 1 aromatic heterocycles. The van der Waals surface area contributed by atoms with Crippen LogP contribution in [0, 0.1) is 20.8 Å². The van der Waals surface area contributed by atoms with Crippen molar-refractivity contribution in [3.8, 4) is 22.6 Å². The quantitative estimate of drug-likeness (QED) is 0.164. The zero-order chi connectivity index (χ0) is 43.9. The summed E-state index contributed by atoms with van der Waals surface area (Å²) >= 11 is 1.90. The minimum atomic E-state index is -0.296. The lowest BCUT2D eigenvalue weighted by atomic mass is 9.36. The number of ether oxygens (including phenoxy) is 1. The minimum absolute atomic E-state index is 0.0259. The fraction of sp³-hybridized carbons (Fsp3) is 0.241. The van der Waals surface area contributed by atoms with Crippen molar-refractivity contribution in [3.05, 3.63) is 172 Å². The first-order chi connectivity index (χ1) is 30.0. The Labute approximate surface area is 378 Å². The molecule has 7 aromatic carbocycles. The second kappa shape index (κ2) is 13.7. The molecule has 0 saturated heterocycles. The third-order valence-electron chi connectivity index (χ3n) is 14.0. The SMILES string of the molecule is Cc1ccc(N(c2ccc(C)cc2)c2ccc(N3c4ccc(C(C)(C)C)cc4B4c5sc6ccc(C(C)(C)C)cc6c5Oc5cc(C)cc3c54)c3c2C(C)(C)c2ccccc2-3)cc1. The van der Waals surface area contributed by atoms with Gasteiger partial charge in [-0.2, -0.15) is 0 Å². The van der Waals surface area contributed by atoms with Crippen molar-refractivity contribution in [3.63, 3.8) is 0 Å². The van der Waals surface area contributed by atoms with E-state index < -0.39 is 0 Å². The van der Waals surface area contributed by atoms with Gasteiger partial charge in [0.1, 0.15) is 11.5 Å². The molecular formula is C58H55BN2OS.